The van der Waals surface area contributed by atoms with Crippen LogP contribution in [0.25, 0.3) is 0 Å². The highest BCUT2D eigenvalue weighted by Gasteiger charge is 2.40. The molecular weight excluding hydrogens is 198 g/mol. The van der Waals surface area contributed by atoms with Gasteiger partial charge in [0.25, 0.3) is 0 Å². The summed E-state index contributed by atoms with van der Waals surface area (Å²) in [6, 6.07) is 0.729. The van der Waals surface area contributed by atoms with Crippen LogP contribution >= 0.6 is 0 Å². The van der Waals surface area contributed by atoms with E-state index in [1.54, 1.807) is 0 Å². The summed E-state index contributed by atoms with van der Waals surface area (Å²) in [6.07, 6.45) is 7.07. The van der Waals surface area contributed by atoms with Crippen LogP contribution in [0.15, 0.2) is 0 Å². The van der Waals surface area contributed by atoms with Gasteiger partial charge in [0.1, 0.15) is 5.78 Å². The number of carbonyl (C=O) groups is 1. The van der Waals surface area contributed by atoms with Gasteiger partial charge in [-0.25, -0.2) is 0 Å². The van der Waals surface area contributed by atoms with E-state index in [2.05, 4.69) is 11.8 Å². The molecule has 3 rings (SSSR count). The topological polar surface area (TPSA) is 20.3 Å². The highest BCUT2D eigenvalue weighted by molar-refractivity contribution is 5.79. The molecular formula is C14H23NO. The van der Waals surface area contributed by atoms with Gasteiger partial charge < -0.3 is 4.90 Å². The Balaban J connectivity index is 1.63. The van der Waals surface area contributed by atoms with E-state index in [1.165, 1.54) is 32.4 Å². The molecule has 3 aliphatic rings. The Labute approximate surface area is 98.4 Å². The lowest BCUT2D eigenvalue weighted by Crippen LogP contribution is -2.50. The van der Waals surface area contributed by atoms with Crippen molar-refractivity contribution in [3.63, 3.8) is 0 Å². The van der Waals surface area contributed by atoms with E-state index in [-0.39, 0.29) is 0 Å². The number of Topliss-reactive ketones (excluding diaryl/α,β-unsaturated/α-hetero) is 1. The number of hydrogen-bond donors (Lipinski definition) is 0. The van der Waals surface area contributed by atoms with E-state index in [9.17, 15) is 4.79 Å². The predicted octanol–water partition coefficient (Wildman–Crippen LogP) is 2.48. The van der Waals surface area contributed by atoms with Crippen molar-refractivity contribution in [2.45, 2.75) is 51.5 Å². The molecule has 0 N–H and O–H groups in total. The van der Waals surface area contributed by atoms with Crippen molar-refractivity contribution >= 4 is 5.78 Å². The van der Waals surface area contributed by atoms with Crippen molar-refractivity contribution in [2.24, 2.45) is 17.8 Å². The van der Waals surface area contributed by atoms with Gasteiger partial charge in [-0.2, -0.15) is 0 Å². The van der Waals surface area contributed by atoms with Gasteiger partial charge in [-0.15, -0.1) is 0 Å². The summed E-state index contributed by atoms with van der Waals surface area (Å²) in [5, 5.41) is 0. The molecule has 0 bridgehead atoms. The Morgan fingerprint density at radius 2 is 2.06 bits per heavy atom. The summed E-state index contributed by atoms with van der Waals surface area (Å²) in [6.45, 7) is 4.97. The number of hydrogen-bond acceptors (Lipinski definition) is 2. The van der Waals surface area contributed by atoms with Gasteiger partial charge in [-0.05, 0) is 56.9 Å². The molecule has 0 aromatic heterocycles. The summed E-state index contributed by atoms with van der Waals surface area (Å²) in [7, 11) is 0. The molecule has 0 aromatic rings. The predicted molar refractivity (Wildman–Crippen MR) is 64.2 cm³/mol. The van der Waals surface area contributed by atoms with E-state index in [0.717, 1.165) is 37.1 Å². The first-order valence-corrected chi connectivity index (χ1v) is 7.00. The van der Waals surface area contributed by atoms with Crippen molar-refractivity contribution in [3.05, 3.63) is 0 Å². The minimum atomic E-state index is 0.518. The number of ketones is 1. The number of piperidine rings is 1. The summed E-state index contributed by atoms with van der Waals surface area (Å²) < 4.78 is 0. The van der Waals surface area contributed by atoms with Gasteiger partial charge in [0.15, 0.2) is 0 Å². The van der Waals surface area contributed by atoms with Crippen LogP contribution in [0, 0.1) is 17.8 Å². The molecule has 3 atom stereocenters. The van der Waals surface area contributed by atoms with Gasteiger partial charge in [0, 0.05) is 25.4 Å². The van der Waals surface area contributed by atoms with Crippen LogP contribution in [-0.2, 0) is 4.79 Å². The number of carbonyl (C=O) groups excluding carboxylic acids is 1. The monoisotopic (exact) mass is 221 g/mol. The molecule has 1 saturated heterocycles. The number of likely N-dealkylation sites (tertiary alicyclic amines) is 1. The standard InChI is InChI=1S/C14H23NO/c1-10-14-5-4-13(16)8-12(14)6-7-15(10)9-11-2-3-11/h10-12,14H,2-9H2,1H3. The Morgan fingerprint density at radius 1 is 1.25 bits per heavy atom. The Morgan fingerprint density at radius 3 is 2.81 bits per heavy atom. The molecule has 3 fully saturated rings. The second-order valence-corrected chi connectivity index (χ2v) is 6.17. The molecule has 0 aromatic carbocycles. The molecule has 16 heavy (non-hydrogen) atoms. The zero-order chi connectivity index (χ0) is 11.1. The summed E-state index contributed by atoms with van der Waals surface area (Å²) in [5.74, 6) is 3.05. The molecule has 3 unspecified atom stereocenters. The molecule has 2 saturated carbocycles. The maximum Gasteiger partial charge on any atom is 0.133 e. The quantitative estimate of drug-likeness (QED) is 0.714. The molecule has 2 aliphatic carbocycles. The van der Waals surface area contributed by atoms with Crippen molar-refractivity contribution in [2.75, 3.05) is 13.1 Å². The van der Waals surface area contributed by atoms with E-state index in [4.69, 9.17) is 0 Å². The Kier molecular flexibility index (Phi) is 2.78. The first kappa shape index (κ1) is 10.8. The summed E-state index contributed by atoms with van der Waals surface area (Å²) >= 11 is 0. The van der Waals surface area contributed by atoms with Crippen LogP contribution in [0.5, 0.6) is 0 Å². The highest BCUT2D eigenvalue weighted by Crippen LogP contribution is 2.40. The van der Waals surface area contributed by atoms with Crippen LogP contribution in [0.4, 0.5) is 0 Å². The molecule has 2 heteroatoms. The van der Waals surface area contributed by atoms with Crippen molar-refractivity contribution in [1.29, 1.82) is 0 Å². The molecule has 2 nitrogen and oxygen atoms in total. The van der Waals surface area contributed by atoms with E-state index in [0.29, 0.717) is 11.7 Å². The lowest BCUT2D eigenvalue weighted by Gasteiger charge is -2.46. The number of rotatable bonds is 2. The SMILES string of the molecule is CC1C2CCC(=O)CC2CCN1CC1CC1. The van der Waals surface area contributed by atoms with Gasteiger partial charge in [0.2, 0.25) is 0 Å². The molecule has 90 valence electrons. The summed E-state index contributed by atoms with van der Waals surface area (Å²) in [5.41, 5.74) is 0. The fourth-order valence-electron chi connectivity index (χ4n) is 3.76. The van der Waals surface area contributed by atoms with E-state index in [1.807, 2.05) is 0 Å². The average Bonchev–Trinajstić information content (AvgIpc) is 3.06. The third kappa shape index (κ3) is 2.04. The number of fused-ring (bicyclic) bond motifs is 1. The van der Waals surface area contributed by atoms with Crippen LogP contribution in [0.3, 0.4) is 0 Å². The molecule has 0 amide bonds. The highest BCUT2D eigenvalue weighted by atomic mass is 16.1. The maximum atomic E-state index is 11.5. The minimum Gasteiger partial charge on any atom is -0.300 e. The second kappa shape index (κ2) is 4.14. The van der Waals surface area contributed by atoms with Crippen LogP contribution in [0.1, 0.15) is 45.4 Å². The van der Waals surface area contributed by atoms with Crippen LogP contribution in [0.2, 0.25) is 0 Å². The zero-order valence-electron chi connectivity index (χ0n) is 10.3. The molecule has 1 aliphatic heterocycles. The third-order valence-corrected chi connectivity index (χ3v) is 5.02. The molecule has 1 heterocycles. The second-order valence-electron chi connectivity index (χ2n) is 6.17. The largest absolute Gasteiger partial charge is 0.300 e. The van der Waals surface area contributed by atoms with Gasteiger partial charge in [0.05, 0.1) is 0 Å². The first-order chi connectivity index (χ1) is 7.74. The van der Waals surface area contributed by atoms with Gasteiger partial charge in [-0.1, -0.05) is 0 Å². The third-order valence-electron chi connectivity index (χ3n) is 5.02. The Hall–Kier alpha value is -0.370. The molecule has 0 radical (unpaired) electrons. The van der Waals surface area contributed by atoms with E-state index >= 15 is 0 Å². The lowest BCUT2D eigenvalue weighted by atomic mass is 9.71. The number of nitrogens with zero attached hydrogens (tertiary/aromatic N) is 1. The smallest absolute Gasteiger partial charge is 0.133 e. The average molecular weight is 221 g/mol. The maximum absolute atomic E-state index is 11.5. The first-order valence-electron chi connectivity index (χ1n) is 7.00. The zero-order valence-corrected chi connectivity index (χ0v) is 10.3. The van der Waals surface area contributed by atoms with Crippen molar-refractivity contribution in [1.82, 2.24) is 4.90 Å². The van der Waals surface area contributed by atoms with E-state index < -0.39 is 0 Å². The van der Waals surface area contributed by atoms with Crippen LogP contribution < -0.4 is 0 Å². The minimum absolute atomic E-state index is 0.518. The van der Waals surface area contributed by atoms with Crippen molar-refractivity contribution < 1.29 is 4.79 Å². The lowest BCUT2D eigenvalue weighted by molar-refractivity contribution is -0.124. The fraction of sp³-hybridized carbons (Fsp3) is 0.929. The Bertz CT molecular complexity index is 284. The molecule has 0 spiro atoms. The van der Waals surface area contributed by atoms with Gasteiger partial charge in [-0.3, -0.25) is 4.79 Å². The normalized spacial score (nSPS) is 40.8. The van der Waals surface area contributed by atoms with Crippen LogP contribution in [-0.4, -0.2) is 29.8 Å². The van der Waals surface area contributed by atoms with Crippen molar-refractivity contribution in [3.8, 4) is 0 Å². The van der Waals surface area contributed by atoms with Gasteiger partial charge >= 0.3 is 0 Å². The summed E-state index contributed by atoms with van der Waals surface area (Å²) in [4.78, 5) is 14.2. The fourth-order valence-corrected chi connectivity index (χ4v) is 3.76.